The molecule has 1 N–H and O–H groups in total. The number of thioether (sulfide) groups is 1. The van der Waals surface area contributed by atoms with E-state index in [0.29, 0.717) is 26.6 Å². The molecular weight excluding hydrogens is 290 g/mol. The van der Waals surface area contributed by atoms with Crippen LogP contribution in [0.2, 0.25) is 0 Å². The van der Waals surface area contributed by atoms with Crippen LogP contribution in [0.25, 0.3) is 15.7 Å². The van der Waals surface area contributed by atoms with Crippen LogP contribution in [0.5, 0.6) is 0 Å². The number of hydrogen-bond acceptors (Lipinski definition) is 8. The Hall–Kier alpha value is -1.94. The summed E-state index contributed by atoms with van der Waals surface area (Å²) < 4.78 is 6.50. The summed E-state index contributed by atoms with van der Waals surface area (Å²) in [5.74, 6) is -0.303. The van der Waals surface area contributed by atoms with Crippen LogP contribution in [0.15, 0.2) is 15.7 Å². The van der Waals surface area contributed by atoms with Crippen molar-refractivity contribution in [1.29, 1.82) is 0 Å². The largest absolute Gasteiger partial charge is 0.481 e. The van der Waals surface area contributed by atoms with Crippen LogP contribution >= 0.6 is 23.1 Å². The normalized spacial score (nSPS) is 11.2. The van der Waals surface area contributed by atoms with Crippen molar-refractivity contribution in [2.45, 2.75) is 12.1 Å². The second kappa shape index (κ2) is 4.63. The van der Waals surface area contributed by atoms with E-state index in [-0.39, 0.29) is 5.75 Å². The van der Waals surface area contributed by atoms with Crippen LogP contribution < -0.4 is 0 Å². The second-order valence-corrected chi connectivity index (χ2v) is 5.49. The lowest BCUT2D eigenvalue weighted by Gasteiger charge is -1.91. The molecule has 3 aromatic heterocycles. The summed E-state index contributed by atoms with van der Waals surface area (Å²) in [7, 11) is 0. The zero-order chi connectivity index (χ0) is 13.4. The molecule has 19 heavy (non-hydrogen) atoms. The molecule has 98 valence electrons. The van der Waals surface area contributed by atoms with Gasteiger partial charge in [-0.25, -0.2) is 0 Å². The van der Waals surface area contributed by atoms with Gasteiger partial charge in [-0.1, -0.05) is 28.3 Å². The first kappa shape index (κ1) is 12.1. The molecule has 8 nitrogen and oxygen atoms in total. The molecule has 3 rings (SSSR count). The molecule has 0 aromatic carbocycles. The molecule has 0 aliphatic rings. The number of rotatable bonds is 4. The summed E-state index contributed by atoms with van der Waals surface area (Å²) in [6.45, 7) is 1.80. The number of aliphatic carboxylic acids is 1. The average molecular weight is 297 g/mol. The summed E-state index contributed by atoms with van der Waals surface area (Å²) in [5, 5.41) is 25.8. The Kier molecular flexibility index (Phi) is 2.95. The standard InChI is InChI=1S/C9H7N5O3S2/c1-4-2-5(13-17-4)7-12-14-8(18-3-6(15)16)10-11-9(14)19-7/h2H,3H2,1H3,(H,15,16). The molecule has 0 saturated heterocycles. The van der Waals surface area contributed by atoms with Crippen molar-refractivity contribution in [2.24, 2.45) is 0 Å². The number of nitrogens with zero attached hydrogens (tertiary/aromatic N) is 5. The summed E-state index contributed by atoms with van der Waals surface area (Å²) in [6, 6.07) is 1.77. The van der Waals surface area contributed by atoms with Crippen molar-refractivity contribution in [3.63, 3.8) is 0 Å². The number of aryl methyl sites for hydroxylation is 1. The lowest BCUT2D eigenvalue weighted by Crippen LogP contribution is -1.99. The van der Waals surface area contributed by atoms with Gasteiger partial charge in [-0.3, -0.25) is 4.79 Å². The van der Waals surface area contributed by atoms with E-state index in [0.717, 1.165) is 11.8 Å². The summed E-state index contributed by atoms with van der Waals surface area (Å²) in [6.07, 6.45) is 0. The highest BCUT2D eigenvalue weighted by atomic mass is 32.2. The lowest BCUT2D eigenvalue weighted by atomic mass is 10.4. The Morgan fingerprint density at radius 2 is 2.42 bits per heavy atom. The summed E-state index contributed by atoms with van der Waals surface area (Å²) in [5.41, 5.74) is 0.627. The van der Waals surface area contributed by atoms with Gasteiger partial charge < -0.3 is 9.63 Å². The minimum Gasteiger partial charge on any atom is -0.481 e. The first-order valence-corrected chi connectivity index (χ1v) is 6.94. The first-order chi connectivity index (χ1) is 9.13. The highest BCUT2D eigenvalue weighted by Gasteiger charge is 2.16. The molecule has 0 spiro atoms. The fourth-order valence-corrected chi connectivity index (χ4v) is 2.84. The van der Waals surface area contributed by atoms with Gasteiger partial charge in [0.1, 0.15) is 11.5 Å². The first-order valence-electron chi connectivity index (χ1n) is 5.14. The molecule has 0 aliphatic heterocycles. The lowest BCUT2D eigenvalue weighted by molar-refractivity contribution is -0.133. The van der Waals surface area contributed by atoms with E-state index in [4.69, 9.17) is 9.63 Å². The van der Waals surface area contributed by atoms with Crippen LogP contribution in [-0.2, 0) is 4.79 Å². The fourth-order valence-electron chi connectivity index (χ4n) is 1.39. The Bertz CT molecular complexity index is 746. The molecule has 0 saturated carbocycles. The van der Waals surface area contributed by atoms with E-state index in [9.17, 15) is 4.79 Å². The van der Waals surface area contributed by atoms with Gasteiger partial charge in [0.05, 0.1) is 5.75 Å². The number of carboxylic acid groups (broad SMARTS) is 1. The highest BCUT2D eigenvalue weighted by molar-refractivity contribution is 7.99. The minimum atomic E-state index is -0.913. The van der Waals surface area contributed by atoms with Gasteiger partial charge in [-0.15, -0.1) is 10.2 Å². The molecule has 0 fully saturated rings. The zero-order valence-electron chi connectivity index (χ0n) is 9.60. The molecule has 10 heteroatoms. The van der Waals surface area contributed by atoms with Crippen LogP contribution in [0.3, 0.4) is 0 Å². The average Bonchev–Trinajstić information content (AvgIpc) is 3.00. The van der Waals surface area contributed by atoms with E-state index in [1.807, 2.05) is 0 Å². The van der Waals surface area contributed by atoms with Crippen molar-refractivity contribution in [3.8, 4) is 10.7 Å². The molecule has 0 atom stereocenters. The van der Waals surface area contributed by atoms with Crippen LogP contribution in [0, 0.1) is 6.92 Å². The monoisotopic (exact) mass is 297 g/mol. The topological polar surface area (TPSA) is 106 Å². The van der Waals surface area contributed by atoms with Crippen LogP contribution in [-0.4, -0.2) is 41.8 Å². The number of carbonyl (C=O) groups is 1. The Labute approximate surface area is 114 Å². The number of aromatic nitrogens is 5. The molecule has 0 bridgehead atoms. The molecular formula is C9H7N5O3S2. The third-order valence-corrected chi connectivity index (χ3v) is 3.96. The van der Waals surface area contributed by atoms with E-state index in [1.54, 1.807) is 13.0 Å². The highest BCUT2D eigenvalue weighted by Crippen LogP contribution is 2.27. The Morgan fingerprint density at radius 1 is 1.58 bits per heavy atom. The second-order valence-electron chi connectivity index (χ2n) is 3.59. The summed E-state index contributed by atoms with van der Waals surface area (Å²) >= 11 is 2.38. The van der Waals surface area contributed by atoms with Gasteiger partial charge in [0.15, 0.2) is 5.01 Å². The van der Waals surface area contributed by atoms with Gasteiger partial charge in [-0.2, -0.15) is 9.61 Å². The third kappa shape index (κ3) is 2.31. The zero-order valence-corrected chi connectivity index (χ0v) is 11.2. The van der Waals surface area contributed by atoms with Crippen molar-refractivity contribution < 1.29 is 14.4 Å². The summed E-state index contributed by atoms with van der Waals surface area (Å²) in [4.78, 5) is 11.1. The Morgan fingerprint density at radius 3 is 3.11 bits per heavy atom. The van der Waals surface area contributed by atoms with Crippen LogP contribution in [0.4, 0.5) is 0 Å². The maximum Gasteiger partial charge on any atom is 0.313 e. The third-order valence-electron chi connectivity index (χ3n) is 2.13. The quantitative estimate of drug-likeness (QED) is 0.719. The van der Waals surface area contributed by atoms with Gasteiger partial charge in [0, 0.05) is 6.07 Å². The maximum absolute atomic E-state index is 10.5. The molecule has 0 radical (unpaired) electrons. The molecule has 0 aliphatic carbocycles. The van der Waals surface area contributed by atoms with Gasteiger partial charge in [0.25, 0.3) is 0 Å². The van der Waals surface area contributed by atoms with Gasteiger partial charge >= 0.3 is 5.97 Å². The molecule has 3 heterocycles. The van der Waals surface area contributed by atoms with Crippen molar-refractivity contribution in [1.82, 2.24) is 25.0 Å². The predicted octanol–water partition coefficient (Wildman–Crippen LogP) is 1.33. The van der Waals surface area contributed by atoms with E-state index in [1.165, 1.54) is 15.9 Å². The van der Waals surface area contributed by atoms with Gasteiger partial charge in [-0.05, 0) is 6.92 Å². The van der Waals surface area contributed by atoms with Crippen molar-refractivity contribution >= 4 is 34.0 Å². The number of hydrogen-bond donors (Lipinski definition) is 1. The van der Waals surface area contributed by atoms with Crippen LogP contribution in [0.1, 0.15) is 5.76 Å². The molecule has 3 aromatic rings. The predicted molar refractivity (Wildman–Crippen MR) is 67.3 cm³/mol. The SMILES string of the molecule is Cc1cc(-c2nn3c(SCC(=O)O)nnc3s2)no1. The smallest absolute Gasteiger partial charge is 0.313 e. The number of fused-ring (bicyclic) bond motifs is 1. The van der Waals surface area contributed by atoms with E-state index in [2.05, 4.69) is 20.5 Å². The molecule has 0 unspecified atom stereocenters. The van der Waals surface area contributed by atoms with E-state index < -0.39 is 5.97 Å². The molecule has 0 amide bonds. The van der Waals surface area contributed by atoms with E-state index >= 15 is 0 Å². The van der Waals surface area contributed by atoms with Crippen molar-refractivity contribution in [2.75, 3.05) is 5.75 Å². The Balaban J connectivity index is 1.95. The maximum atomic E-state index is 10.5. The van der Waals surface area contributed by atoms with Gasteiger partial charge in [0.2, 0.25) is 10.1 Å². The minimum absolute atomic E-state index is 0.0866. The number of carboxylic acids is 1. The fraction of sp³-hybridized carbons (Fsp3) is 0.222. The van der Waals surface area contributed by atoms with Crippen molar-refractivity contribution in [3.05, 3.63) is 11.8 Å².